The third-order valence-electron chi connectivity index (χ3n) is 3.84. The lowest BCUT2D eigenvalue weighted by atomic mass is 10.1. The summed E-state index contributed by atoms with van der Waals surface area (Å²) in [6, 6.07) is 14.5. The van der Waals surface area contributed by atoms with Gasteiger partial charge >= 0.3 is 0 Å². The van der Waals surface area contributed by atoms with Gasteiger partial charge < -0.3 is 4.74 Å². The number of carbonyl (C=O) groups excluding carboxylic acids is 2. The average molecular weight is 409 g/mol. The van der Waals surface area contributed by atoms with Gasteiger partial charge in [0.05, 0.1) is 19.7 Å². The van der Waals surface area contributed by atoms with Crippen LogP contribution in [0, 0.1) is 6.92 Å². The predicted octanol–water partition coefficient (Wildman–Crippen LogP) is 2.80. The molecule has 148 valence electrons. The third kappa shape index (κ3) is 5.69. The molecule has 0 atom stereocenters. The van der Waals surface area contributed by atoms with Crippen LogP contribution in [0.2, 0.25) is 0 Å². The van der Waals surface area contributed by atoms with Gasteiger partial charge in [0, 0.05) is 11.1 Å². The number of aromatic nitrogens is 2. The van der Waals surface area contributed by atoms with Crippen LogP contribution in [-0.4, -0.2) is 35.3 Å². The second kappa shape index (κ2) is 9.56. The van der Waals surface area contributed by atoms with Crippen LogP contribution in [0.1, 0.15) is 26.5 Å². The number of rotatable bonds is 7. The van der Waals surface area contributed by atoms with Crippen molar-refractivity contribution in [3.63, 3.8) is 0 Å². The van der Waals surface area contributed by atoms with Crippen molar-refractivity contribution in [1.82, 2.24) is 15.6 Å². The summed E-state index contributed by atoms with van der Waals surface area (Å²) in [5, 5.41) is 15.2. The van der Waals surface area contributed by atoms with Crippen LogP contribution in [0.25, 0.3) is 0 Å². The SMILES string of the molecule is COc1ccccc1C=NNC(=O)Cc1nnc(NC(=O)c2ccc(C)cc2)s1. The molecule has 29 heavy (non-hydrogen) atoms. The van der Waals surface area contributed by atoms with Gasteiger partial charge in [-0.05, 0) is 31.2 Å². The lowest BCUT2D eigenvalue weighted by Crippen LogP contribution is -2.19. The maximum atomic E-state index is 12.2. The Balaban J connectivity index is 1.53. The minimum atomic E-state index is -0.344. The van der Waals surface area contributed by atoms with Crippen LogP contribution >= 0.6 is 11.3 Å². The van der Waals surface area contributed by atoms with Gasteiger partial charge in [-0.3, -0.25) is 14.9 Å². The molecule has 0 aliphatic heterocycles. The van der Waals surface area contributed by atoms with Crippen molar-refractivity contribution in [2.24, 2.45) is 5.10 Å². The molecule has 9 heteroatoms. The molecule has 1 aromatic heterocycles. The first kappa shape index (κ1) is 20.2. The fourth-order valence-electron chi connectivity index (χ4n) is 2.37. The van der Waals surface area contributed by atoms with Crippen molar-refractivity contribution in [2.75, 3.05) is 12.4 Å². The summed E-state index contributed by atoms with van der Waals surface area (Å²) in [4.78, 5) is 24.2. The summed E-state index contributed by atoms with van der Waals surface area (Å²) in [7, 11) is 1.57. The quantitative estimate of drug-likeness (QED) is 0.461. The number of carbonyl (C=O) groups is 2. The lowest BCUT2D eigenvalue weighted by molar-refractivity contribution is -0.120. The van der Waals surface area contributed by atoms with Crippen molar-refractivity contribution < 1.29 is 14.3 Å². The third-order valence-corrected chi connectivity index (χ3v) is 4.68. The van der Waals surface area contributed by atoms with Crippen LogP contribution in [-0.2, 0) is 11.2 Å². The summed E-state index contributed by atoms with van der Waals surface area (Å²) >= 11 is 1.14. The number of aryl methyl sites for hydroxylation is 1. The number of amides is 2. The van der Waals surface area contributed by atoms with E-state index >= 15 is 0 Å². The smallest absolute Gasteiger partial charge is 0.257 e. The van der Waals surface area contributed by atoms with E-state index in [2.05, 4.69) is 26.0 Å². The van der Waals surface area contributed by atoms with Crippen molar-refractivity contribution in [3.05, 3.63) is 70.2 Å². The Morgan fingerprint density at radius 2 is 1.90 bits per heavy atom. The van der Waals surface area contributed by atoms with E-state index in [-0.39, 0.29) is 18.2 Å². The molecule has 2 N–H and O–H groups in total. The predicted molar refractivity (Wildman–Crippen MR) is 111 cm³/mol. The number of methoxy groups -OCH3 is 1. The zero-order valence-electron chi connectivity index (χ0n) is 15.9. The number of hydrogen-bond acceptors (Lipinski definition) is 7. The fraction of sp³-hybridized carbons (Fsp3) is 0.150. The highest BCUT2D eigenvalue weighted by atomic mass is 32.1. The first-order valence-corrected chi connectivity index (χ1v) is 9.52. The Morgan fingerprint density at radius 1 is 1.14 bits per heavy atom. The number of nitrogens with zero attached hydrogens (tertiary/aromatic N) is 3. The summed E-state index contributed by atoms with van der Waals surface area (Å²) < 4.78 is 5.22. The average Bonchev–Trinajstić information content (AvgIpc) is 3.15. The number of anilines is 1. The zero-order valence-corrected chi connectivity index (χ0v) is 16.7. The molecular weight excluding hydrogens is 390 g/mol. The standard InChI is InChI=1S/C20H19N5O3S/c1-13-7-9-14(10-8-13)19(27)22-20-25-24-18(29-20)11-17(26)23-21-12-15-5-3-4-6-16(15)28-2/h3-10,12H,11H2,1-2H3,(H,23,26)(H,22,25,27). The molecule has 1 heterocycles. The summed E-state index contributed by atoms with van der Waals surface area (Å²) in [6.07, 6.45) is 1.51. The van der Waals surface area contributed by atoms with E-state index in [9.17, 15) is 9.59 Å². The van der Waals surface area contributed by atoms with E-state index in [1.54, 1.807) is 25.3 Å². The number of benzene rings is 2. The Kier molecular flexibility index (Phi) is 6.64. The molecule has 0 aliphatic rings. The van der Waals surface area contributed by atoms with Gasteiger partial charge in [0.25, 0.3) is 5.91 Å². The number of para-hydroxylation sites is 1. The van der Waals surface area contributed by atoms with Crippen molar-refractivity contribution in [1.29, 1.82) is 0 Å². The van der Waals surface area contributed by atoms with Crippen LogP contribution < -0.4 is 15.5 Å². The van der Waals surface area contributed by atoms with Crippen molar-refractivity contribution in [2.45, 2.75) is 13.3 Å². The Bertz CT molecular complexity index is 1030. The van der Waals surface area contributed by atoms with Crippen LogP contribution in [0.3, 0.4) is 0 Å². The second-order valence-corrected chi connectivity index (χ2v) is 7.10. The highest BCUT2D eigenvalue weighted by Gasteiger charge is 2.12. The van der Waals surface area contributed by atoms with Gasteiger partial charge in [0.1, 0.15) is 10.8 Å². The summed E-state index contributed by atoms with van der Waals surface area (Å²) in [6.45, 7) is 1.95. The van der Waals surface area contributed by atoms with E-state index in [0.29, 0.717) is 21.5 Å². The van der Waals surface area contributed by atoms with Crippen LogP contribution in [0.5, 0.6) is 5.75 Å². The topological polar surface area (TPSA) is 106 Å². The molecule has 3 aromatic rings. The number of nitrogens with one attached hydrogen (secondary N) is 2. The van der Waals surface area contributed by atoms with E-state index in [0.717, 1.165) is 22.5 Å². The molecule has 2 amide bonds. The number of hydrogen-bond donors (Lipinski definition) is 2. The number of ether oxygens (including phenoxy) is 1. The van der Waals surface area contributed by atoms with Crippen LogP contribution in [0.4, 0.5) is 5.13 Å². The maximum Gasteiger partial charge on any atom is 0.257 e. The molecular formula is C20H19N5O3S. The lowest BCUT2D eigenvalue weighted by Gasteiger charge is -2.02. The molecule has 0 spiro atoms. The summed E-state index contributed by atoms with van der Waals surface area (Å²) in [5.74, 6) is 0.0332. The maximum absolute atomic E-state index is 12.2. The highest BCUT2D eigenvalue weighted by molar-refractivity contribution is 7.15. The van der Waals surface area contributed by atoms with Gasteiger partial charge in [-0.1, -0.05) is 41.2 Å². The normalized spacial score (nSPS) is 10.7. The Hall–Kier alpha value is -3.59. The fourth-order valence-corrected chi connectivity index (χ4v) is 3.11. The van der Waals surface area contributed by atoms with Crippen molar-refractivity contribution in [3.8, 4) is 5.75 Å². The first-order valence-electron chi connectivity index (χ1n) is 8.70. The van der Waals surface area contributed by atoms with Gasteiger partial charge in [-0.15, -0.1) is 10.2 Å². The molecule has 0 unspecified atom stereocenters. The largest absolute Gasteiger partial charge is 0.496 e. The Labute approximate surface area is 171 Å². The molecule has 0 aliphatic carbocycles. The summed E-state index contributed by atoms with van der Waals surface area (Å²) in [5.41, 5.74) is 4.77. The van der Waals surface area contributed by atoms with E-state index in [1.165, 1.54) is 6.21 Å². The highest BCUT2D eigenvalue weighted by Crippen LogP contribution is 2.17. The molecule has 0 fully saturated rings. The molecule has 8 nitrogen and oxygen atoms in total. The number of hydrazone groups is 1. The molecule has 0 radical (unpaired) electrons. The molecule has 0 bridgehead atoms. The van der Waals surface area contributed by atoms with Gasteiger partial charge in [0.2, 0.25) is 11.0 Å². The monoisotopic (exact) mass is 409 g/mol. The Morgan fingerprint density at radius 3 is 2.66 bits per heavy atom. The van der Waals surface area contributed by atoms with Gasteiger partial charge in [-0.2, -0.15) is 5.10 Å². The van der Waals surface area contributed by atoms with E-state index in [4.69, 9.17) is 4.74 Å². The van der Waals surface area contributed by atoms with Crippen LogP contribution in [0.15, 0.2) is 53.6 Å². The minimum absolute atomic E-state index is 0.00132. The second-order valence-electron chi connectivity index (χ2n) is 6.03. The zero-order chi connectivity index (χ0) is 20.6. The molecule has 2 aromatic carbocycles. The van der Waals surface area contributed by atoms with Gasteiger partial charge in [-0.25, -0.2) is 5.43 Å². The van der Waals surface area contributed by atoms with Gasteiger partial charge in [0.15, 0.2) is 0 Å². The molecule has 3 rings (SSSR count). The molecule has 0 saturated carbocycles. The molecule has 0 saturated heterocycles. The van der Waals surface area contributed by atoms with E-state index < -0.39 is 0 Å². The minimum Gasteiger partial charge on any atom is -0.496 e. The first-order chi connectivity index (χ1) is 14.0. The van der Waals surface area contributed by atoms with Crippen molar-refractivity contribution >= 4 is 34.5 Å². The van der Waals surface area contributed by atoms with E-state index in [1.807, 2.05) is 37.3 Å².